The van der Waals surface area contributed by atoms with Crippen molar-refractivity contribution in [3.8, 4) is 11.5 Å². The van der Waals surface area contributed by atoms with Crippen molar-refractivity contribution >= 4 is 38.8 Å². The summed E-state index contributed by atoms with van der Waals surface area (Å²) in [6.07, 6.45) is 1.46. The highest BCUT2D eigenvalue weighted by Crippen LogP contribution is 2.38. The van der Waals surface area contributed by atoms with E-state index in [1.54, 1.807) is 31.2 Å². The van der Waals surface area contributed by atoms with Crippen molar-refractivity contribution in [3.63, 3.8) is 0 Å². The molecule has 5 nitrogen and oxygen atoms in total. The van der Waals surface area contributed by atoms with Crippen LogP contribution in [-0.2, 0) is 0 Å². The molecule has 6 heteroatoms. The summed E-state index contributed by atoms with van der Waals surface area (Å²) in [5.74, 6) is 0.0102. The Labute approximate surface area is 150 Å². The number of benzene rings is 2. The van der Waals surface area contributed by atoms with Crippen molar-refractivity contribution in [3.05, 3.63) is 73.7 Å². The number of fused-ring (bicyclic) bond motifs is 3. The fraction of sp³-hybridized carbons (Fsp3) is 0.0526. The van der Waals surface area contributed by atoms with Gasteiger partial charge in [0.05, 0.1) is 0 Å². The van der Waals surface area contributed by atoms with Crippen LogP contribution in [0.5, 0.6) is 11.5 Å². The lowest BCUT2D eigenvalue weighted by Gasteiger charge is -2.03. The number of aryl methyl sites for hydroxylation is 1. The quantitative estimate of drug-likeness (QED) is 0.491. The third-order valence-corrected chi connectivity index (χ3v) is 4.52. The number of allylic oxidation sites excluding steroid dienone is 1. The van der Waals surface area contributed by atoms with Crippen molar-refractivity contribution in [2.24, 2.45) is 0 Å². The highest BCUT2D eigenvalue weighted by molar-refractivity contribution is 9.10. The second kappa shape index (κ2) is 5.60. The molecular weight excluding hydrogens is 388 g/mol. The zero-order chi connectivity index (χ0) is 17.7. The SMILES string of the molecule is Cc1cc(=O)oc2c3c(ccc12)O/C(=C\c1cc(Br)ccc1O)C3=O. The maximum atomic E-state index is 12.8. The molecule has 1 aliphatic heterocycles. The summed E-state index contributed by atoms with van der Waals surface area (Å²) in [4.78, 5) is 24.5. The Bertz CT molecular complexity index is 1140. The zero-order valence-corrected chi connectivity index (χ0v) is 14.6. The molecule has 0 fully saturated rings. The monoisotopic (exact) mass is 398 g/mol. The molecule has 0 radical (unpaired) electrons. The Morgan fingerprint density at radius 2 is 1.92 bits per heavy atom. The van der Waals surface area contributed by atoms with Crippen LogP contribution in [0.4, 0.5) is 0 Å². The lowest BCUT2D eigenvalue weighted by molar-refractivity contribution is 0.101. The molecule has 0 bridgehead atoms. The molecule has 2 aromatic carbocycles. The highest BCUT2D eigenvalue weighted by atomic mass is 79.9. The van der Waals surface area contributed by atoms with Crippen LogP contribution in [0.1, 0.15) is 21.5 Å². The van der Waals surface area contributed by atoms with Crippen molar-refractivity contribution < 1.29 is 19.1 Å². The van der Waals surface area contributed by atoms with Crippen LogP contribution in [0.2, 0.25) is 0 Å². The molecule has 3 aromatic rings. The molecular formula is C19H11BrO5. The second-order valence-corrected chi connectivity index (χ2v) is 6.62. The van der Waals surface area contributed by atoms with Crippen LogP contribution in [-0.4, -0.2) is 10.9 Å². The molecule has 0 atom stereocenters. The van der Waals surface area contributed by atoms with Gasteiger partial charge in [-0.1, -0.05) is 15.9 Å². The predicted molar refractivity (Wildman–Crippen MR) is 96.0 cm³/mol. The summed E-state index contributed by atoms with van der Waals surface area (Å²) < 4.78 is 11.6. The van der Waals surface area contributed by atoms with Crippen LogP contribution in [0.3, 0.4) is 0 Å². The van der Waals surface area contributed by atoms with Gasteiger partial charge in [-0.2, -0.15) is 0 Å². The molecule has 1 aliphatic rings. The number of ketones is 1. The number of hydrogen-bond donors (Lipinski definition) is 1. The summed E-state index contributed by atoms with van der Waals surface area (Å²) in [5, 5.41) is 10.6. The first-order chi connectivity index (χ1) is 11.9. The maximum absolute atomic E-state index is 12.8. The Balaban J connectivity index is 1.90. The van der Waals surface area contributed by atoms with Gasteiger partial charge in [0, 0.05) is 21.5 Å². The molecule has 25 heavy (non-hydrogen) atoms. The van der Waals surface area contributed by atoms with E-state index >= 15 is 0 Å². The normalized spacial score (nSPS) is 14.8. The van der Waals surface area contributed by atoms with E-state index in [0.717, 1.165) is 10.0 Å². The number of Topliss-reactive ketones (excluding diaryl/α,β-unsaturated/α-hetero) is 1. The molecule has 4 rings (SSSR count). The summed E-state index contributed by atoms with van der Waals surface area (Å²) in [6.45, 7) is 1.78. The van der Waals surface area contributed by atoms with E-state index < -0.39 is 11.4 Å². The predicted octanol–water partition coefficient (Wildman–Crippen LogP) is 4.19. The van der Waals surface area contributed by atoms with E-state index in [2.05, 4.69) is 15.9 Å². The summed E-state index contributed by atoms with van der Waals surface area (Å²) in [5.41, 5.74) is 1.08. The van der Waals surface area contributed by atoms with Gasteiger partial charge in [-0.15, -0.1) is 0 Å². The number of carbonyl (C=O) groups excluding carboxylic acids is 1. The van der Waals surface area contributed by atoms with Gasteiger partial charge >= 0.3 is 5.63 Å². The van der Waals surface area contributed by atoms with Gasteiger partial charge in [0.2, 0.25) is 5.78 Å². The highest BCUT2D eigenvalue weighted by Gasteiger charge is 2.31. The molecule has 0 aliphatic carbocycles. The van der Waals surface area contributed by atoms with Gasteiger partial charge < -0.3 is 14.3 Å². The second-order valence-electron chi connectivity index (χ2n) is 5.71. The molecule has 0 saturated heterocycles. The van der Waals surface area contributed by atoms with Gasteiger partial charge in [-0.25, -0.2) is 4.79 Å². The zero-order valence-electron chi connectivity index (χ0n) is 13.0. The van der Waals surface area contributed by atoms with E-state index in [1.807, 2.05) is 0 Å². The van der Waals surface area contributed by atoms with Crippen molar-refractivity contribution in [2.45, 2.75) is 6.92 Å². The van der Waals surface area contributed by atoms with E-state index in [9.17, 15) is 14.7 Å². The molecule has 0 amide bonds. The first-order valence-electron chi connectivity index (χ1n) is 7.44. The van der Waals surface area contributed by atoms with Crippen molar-refractivity contribution in [2.75, 3.05) is 0 Å². The molecule has 1 N–H and O–H groups in total. The van der Waals surface area contributed by atoms with Gasteiger partial charge in [0.1, 0.15) is 17.1 Å². The van der Waals surface area contributed by atoms with Gasteiger partial charge in [-0.3, -0.25) is 4.79 Å². The van der Waals surface area contributed by atoms with Crippen LogP contribution in [0.25, 0.3) is 17.0 Å². The van der Waals surface area contributed by atoms with Crippen molar-refractivity contribution in [1.82, 2.24) is 0 Å². The fourth-order valence-electron chi connectivity index (χ4n) is 2.83. The van der Waals surface area contributed by atoms with Gasteiger partial charge in [0.25, 0.3) is 0 Å². The molecule has 124 valence electrons. The number of aromatic hydroxyl groups is 1. The van der Waals surface area contributed by atoms with E-state index in [4.69, 9.17) is 9.15 Å². The largest absolute Gasteiger partial charge is 0.507 e. The fourth-order valence-corrected chi connectivity index (χ4v) is 3.21. The Hall–Kier alpha value is -2.86. The molecule has 0 unspecified atom stereocenters. The lowest BCUT2D eigenvalue weighted by Crippen LogP contribution is -2.02. The number of ether oxygens (including phenoxy) is 1. The van der Waals surface area contributed by atoms with E-state index in [0.29, 0.717) is 16.7 Å². The van der Waals surface area contributed by atoms with Gasteiger partial charge in [-0.05, 0) is 48.9 Å². The number of phenols is 1. The van der Waals surface area contributed by atoms with Crippen LogP contribution >= 0.6 is 15.9 Å². The van der Waals surface area contributed by atoms with E-state index in [-0.39, 0.29) is 22.7 Å². The number of rotatable bonds is 1. The first-order valence-corrected chi connectivity index (χ1v) is 8.23. The van der Waals surface area contributed by atoms with Crippen molar-refractivity contribution in [1.29, 1.82) is 0 Å². The molecule has 2 heterocycles. The Morgan fingerprint density at radius 1 is 1.12 bits per heavy atom. The number of halogens is 1. The minimum absolute atomic E-state index is 0.0234. The van der Waals surface area contributed by atoms with Gasteiger partial charge in [0.15, 0.2) is 11.3 Å². The number of hydrogen-bond acceptors (Lipinski definition) is 5. The maximum Gasteiger partial charge on any atom is 0.336 e. The minimum Gasteiger partial charge on any atom is -0.507 e. The Morgan fingerprint density at radius 3 is 2.72 bits per heavy atom. The topological polar surface area (TPSA) is 76.7 Å². The number of carbonyl (C=O) groups is 1. The Kier molecular flexibility index (Phi) is 3.51. The minimum atomic E-state index is -0.520. The third-order valence-electron chi connectivity index (χ3n) is 4.03. The molecule has 0 saturated carbocycles. The average Bonchev–Trinajstić information content (AvgIpc) is 2.87. The lowest BCUT2D eigenvalue weighted by atomic mass is 10.0. The summed E-state index contributed by atoms with van der Waals surface area (Å²) >= 11 is 3.32. The average molecular weight is 399 g/mol. The summed E-state index contributed by atoms with van der Waals surface area (Å²) in [6, 6.07) is 9.67. The smallest absolute Gasteiger partial charge is 0.336 e. The van der Waals surface area contributed by atoms with Crippen LogP contribution in [0, 0.1) is 6.92 Å². The first kappa shape index (κ1) is 15.7. The standard InChI is InChI=1S/C19H11BrO5/c1-9-6-16(22)25-19-12(9)3-5-14-17(19)18(23)15(24-14)8-10-7-11(20)2-4-13(10)21/h2-8,21H,1H3/b15-8-. The summed E-state index contributed by atoms with van der Waals surface area (Å²) in [7, 11) is 0. The molecule has 1 aromatic heterocycles. The van der Waals surface area contributed by atoms with Crippen LogP contribution in [0.15, 0.2) is 55.8 Å². The third kappa shape index (κ3) is 2.55. The number of phenolic OH excluding ortho intramolecular Hbond substituents is 1. The van der Waals surface area contributed by atoms with Crippen LogP contribution < -0.4 is 10.4 Å². The van der Waals surface area contributed by atoms with E-state index in [1.165, 1.54) is 18.2 Å². The molecule has 0 spiro atoms.